The molecule has 7 N–H and O–H groups in total. The summed E-state index contributed by atoms with van der Waals surface area (Å²) in [5, 5.41) is 70.3. The van der Waals surface area contributed by atoms with Gasteiger partial charge in [-0.3, -0.25) is 14.4 Å². The number of carbonyl (C=O) groups excluding carboxylic acids is 1. The van der Waals surface area contributed by atoms with E-state index in [9.17, 15) is 45.0 Å². The van der Waals surface area contributed by atoms with E-state index in [0.29, 0.717) is 0 Å². The number of benzene rings is 2. The maximum Gasteiger partial charge on any atom is 0.317 e. The van der Waals surface area contributed by atoms with E-state index in [1.165, 1.54) is 14.0 Å². The molecule has 0 bridgehead atoms. The van der Waals surface area contributed by atoms with Crippen molar-refractivity contribution in [3.05, 3.63) is 34.5 Å². The van der Waals surface area contributed by atoms with Crippen LogP contribution in [-0.4, -0.2) is 85.5 Å². The Balaban J connectivity index is 1.79. The number of ether oxygens (including phenoxy) is 4. The van der Waals surface area contributed by atoms with Crippen LogP contribution in [0.1, 0.15) is 13.3 Å². The van der Waals surface area contributed by atoms with Crippen molar-refractivity contribution in [2.45, 2.75) is 44.1 Å². The number of methoxy groups -OCH3 is 1. The molecule has 0 saturated carbocycles. The predicted molar refractivity (Wildman–Crippen MR) is 130 cm³/mol. The van der Waals surface area contributed by atoms with Gasteiger partial charge in [0.1, 0.15) is 41.1 Å². The second kappa shape index (κ2) is 10.8. The molecule has 15 nitrogen and oxygen atoms in total. The lowest BCUT2D eigenvalue weighted by Gasteiger charge is -2.40. The standard InChI is InChI=1S/C25H24O15/c1-8-21(39-16(32)7-15(30)31)19(34)20(35)25(37-8)40-24-18(33)17-11(27)5-10(26)6-14(17)38-22(24)9-3-12(28)23(36-2)13(29)4-9/h3-6,8,19-21,25-29,34-35H,7H2,1-2H3,(H,30,31)/t8-,19-,20+,21-,25-/m0/s1. The molecular weight excluding hydrogens is 540 g/mol. The van der Waals surface area contributed by atoms with Gasteiger partial charge in [-0.2, -0.15) is 0 Å². The number of carboxylic acids is 1. The second-order valence-corrected chi connectivity index (χ2v) is 8.81. The summed E-state index contributed by atoms with van der Waals surface area (Å²) >= 11 is 0. The van der Waals surface area contributed by atoms with Crippen molar-refractivity contribution in [1.82, 2.24) is 0 Å². The first-order valence-corrected chi connectivity index (χ1v) is 11.5. The molecule has 4 rings (SSSR count). The highest BCUT2D eigenvalue weighted by Crippen LogP contribution is 2.43. The van der Waals surface area contributed by atoms with Crippen LogP contribution in [0.5, 0.6) is 34.5 Å². The molecule has 1 fully saturated rings. The minimum Gasteiger partial charge on any atom is -0.508 e. The average molecular weight is 564 g/mol. The maximum absolute atomic E-state index is 13.5. The van der Waals surface area contributed by atoms with Gasteiger partial charge in [0, 0.05) is 17.7 Å². The highest BCUT2D eigenvalue weighted by Gasteiger charge is 2.47. The number of rotatable bonds is 7. The molecule has 2 aromatic carbocycles. The molecule has 0 amide bonds. The van der Waals surface area contributed by atoms with E-state index in [1.807, 2.05) is 0 Å². The van der Waals surface area contributed by atoms with Crippen LogP contribution in [0.15, 0.2) is 33.5 Å². The van der Waals surface area contributed by atoms with Crippen LogP contribution in [0.4, 0.5) is 0 Å². The number of esters is 1. The van der Waals surface area contributed by atoms with E-state index >= 15 is 0 Å². The van der Waals surface area contributed by atoms with E-state index in [-0.39, 0.29) is 16.9 Å². The molecule has 1 aromatic heterocycles. The van der Waals surface area contributed by atoms with Gasteiger partial charge in [-0.25, -0.2) is 0 Å². The Hall–Kier alpha value is -4.73. The Morgan fingerprint density at radius 1 is 0.950 bits per heavy atom. The van der Waals surface area contributed by atoms with Gasteiger partial charge in [0.15, 0.2) is 23.4 Å². The van der Waals surface area contributed by atoms with Crippen molar-refractivity contribution in [1.29, 1.82) is 0 Å². The molecule has 0 radical (unpaired) electrons. The van der Waals surface area contributed by atoms with Gasteiger partial charge < -0.3 is 59.1 Å². The molecule has 0 spiro atoms. The average Bonchev–Trinajstić information content (AvgIpc) is 2.85. The van der Waals surface area contributed by atoms with Gasteiger partial charge >= 0.3 is 11.9 Å². The number of phenols is 4. The molecular formula is C25H24O15. The number of carbonyl (C=O) groups is 2. The normalized spacial score (nSPS) is 22.6. The topological polar surface area (TPSA) is 243 Å². The monoisotopic (exact) mass is 564 g/mol. The van der Waals surface area contributed by atoms with Crippen LogP contribution in [0, 0.1) is 0 Å². The van der Waals surface area contributed by atoms with Gasteiger partial charge in [-0.05, 0) is 19.1 Å². The summed E-state index contributed by atoms with van der Waals surface area (Å²) in [6.07, 6.45) is -9.32. The van der Waals surface area contributed by atoms with Gasteiger partial charge in [0.2, 0.25) is 23.2 Å². The van der Waals surface area contributed by atoms with Gasteiger partial charge in [0.25, 0.3) is 0 Å². The van der Waals surface area contributed by atoms with Crippen LogP contribution in [0.25, 0.3) is 22.3 Å². The van der Waals surface area contributed by atoms with Crippen LogP contribution < -0.4 is 14.9 Å². The van der Waals surface area contributed by atoms with Gasteiger partial charge in [-0.15, -0.1) is 0 Å². The zero-order chi connectivity index (χ0) is 29.5. The third kappa shape index (κ3) is 5.25. The molecule has 1 aliphatic rings. The Morgan fingerprint density at radius 2 is 1.60 bits per heavy atom. The van der Waals surface area contributed by atoms with Crippen molar-refractivity contribution in [2.75, 3.05) is 7.11 Å². The van der Waals surface area contributed by atoms with E-state index in [4.69, 9.17) is 28.5 Å². The summed E-state index contributed by atoms with van der Waals surface area (Å²) in [5.41, 5.74) is -1.49. The minimum absolute atomic E-state index is 0.146. The molecule has 3 aromatic rings. The summed E-state index contributed by atoms with van der Waals surface area (Å²) in [6.45, 7) is 1.32. The lowest BCUT2D eigenvalue weighted by Crippen LogP contribution is -2.59. The van der Waals surface area contributed by atoms with Crippen molar-refractivity contribution >= 4 is 22.9 Å². The quantitative estimate of drug-likeness (QED) is 0.153. The van der Waals surface area contributed by atoms with Crippen molar-refractivity contribution in [3.8, 4) is 45.8 Å². The Bertz CT molecular complexity index is 1500. The lowest BCUT2D eigenvalue weighted by atomic mass is 9.99. The minimum atomic E-state index is -1.96. The molecule has 40 heavy (non-hydrogen) atoms. The Morgan fingerprint density at radius 3 is 2.20 bits per heavy atom. The molecule has 5 atom stereocenters. The molecule has 15 heteroatoms. The number of fused-ring (bicyclic) bond motifs is 1. The zero-order valence-electron chi connectivity index (χ0n) is 20.8. The van der Waals surface area contributed by atoms with Crippen LogP contribution in [0.3, 0.4) is 0 Å². The smallest absolute Gasteiger partial charge is 0.317 e. The third-order valence-electron chi connectivity index (χ3n) is 6.01. The Labute approximate surface area is 223 Å². The third-order valence-corrected chi connectivity index (χ3v) is 6.01. The molecule has 214 valence electrons. The van der Waals surface area contributed by atoms with Gasteiger partial charge in [0.05, 0.1) is 13.2 Å². The first-order chi connectivity index (χ1) is 18.8. The SMILES string of the molecule is COc1c(O)cc(-c2oc3cc(O)cc(O)c3c(=O)c2O[C@@H]2O[C@@H](C)[C@H](OC(=O)CC(=O)O)[C@@H](O)[C@H]2O)cc1O. The fourth-order valence-electron chi connectivity index (χ4n) is 4.20. The number of carboxylic acid groups (broad SMARTS) is 1. The highest BCUT2D eigenvalue weighted by atomic mass is 16.7. The summed E-state index contributed by atoms with van der Waals surface area (Å²) < 4.78 is 26.7. The number of aliphatic carboxylic acids is 1. The van der Waals surface area contributed by atoms with Crippen LogP contribution >= 0.6 is 0 Å². The van der Waals surface area contributed by atoms with Crippen molar-refractivity contribution in [3.63, 3.8) is 0 Å². The zero-order valence-corrected chi connectivity index (χ0v) is 20.8. The number of aromatic hydroxyl groups is 4. The highest BCUT2D eigenvalue weighted by molar-refractivity contribution is 5.90. The number of hydrogen-bond donors (Lipinski definition) is 7. The molecule has 0 unspecified atom stereocenters. The van der Waals surface area contributed by atoms with E-state index in [2.05, 4.69) is 0 Å². The summed E-state index contributed by atoms with van der Waals surface area (Å²) in [5.74, 6) is -6.41. The second-order valence-electron chi connectivity index (χ2n) is 8.81. The van der Waals surface area contributed by atoms with Crippen molar-refractivity contribution < 1.29 is 68.7 Å². The fourth-order valence-corrected chi connectivity index (χ4v) is 4.20. The summed E-state index contributed by atoms with van der Waals surface area (Å²) in [6, 6.07) is 3.97. The largest absolute Gasteiger partial charge is 0.508 e. The first-order valence-electron chi connectivity index (χ1n) is 11.5. The van der Waals surface area contributed by atoms with E-state index < -0.39 is 94.4 Å². The lowest BCUT2D eigenvalue weighted by molar-refractivity contribution is -0.272. The van der Waals surface area contributed by atoms with Crippen LogP contribution in [0.2, 0.25) is 0 Å². The molecule has 1 saturated heterocycles. The maximum atomic E-state index is 13.5. The van der Waals surface area contributed by atoms with Gasteiger partial charge in [-0.1, -0.05) is 0 Å². The summed E-state index contributed by atoms with van der Waals surface area (Å²) in [4.78, 5) is 36.1. The number of hydrogen-bond acceptors (Lipinski definition) is 14. The molecule has 1 aliphatic heterocycles. The van der Waals surface area contributed by atoms with E-state index in [1.54, 1.807) is 0 Å². The van der Waals surface area contributed by atoms with E-state index in [0.717, 1.165) is 24.3 Å². The summed E-state index contributed by atoms with van der Waals surface area (Å²) in [7, 11) is 1.19. The molecule has 0 aliphatic carbocycles. The number of aliphatic hydroxyl groups excluding tert-OH is 2. The number of aliphatic hydroxyl groups is 2. The first kappa shape index (κ1) is 28.3. The molecule has 2 heterocycles. The van der Waals surface area contributed by atoms with Crippen LogP contribution in [-0.2, 0) is 19.1 Å². The Kier molecular flexibility index (Phi) is 7.63. The fraction of sp³-hybridized carbons (Fsp3) is 0.320. The number of phenolic OH excluding ortho intramolecular Hbond substituents is 4. The van der Waals surface area contributed by atoms with Crippen molar-refractivity contribution in [2.24, 2.45) is 0 Å². The predicted octanol–water partition coefficient (Wildman–Crippen LogP) is 0.523.